The Labute approximate surface area is 147 Å². The van der Waals surface area contributed by atoms with Gasteiger partial charge in [0.15, 0.2) is 11.5 Å². The highest BCUT2D eigenvalue weighted by Crippen LogP contribution is 2.31. The fourth-order valence-corrected chi connectivity index (χ4v) is 2.36. The fourth-order valence-electron chi connectivity index (χ4n) is 2.36. The van der Waals surface area contributed by atoms with E-state index in [4.69, 9.17) is 18.6 Å². The van der Waals surface area contributed by atoms with Crippen molar-refractivity contribution in [2.75, 3.05) is 32.3 Å². The van der Waals surface area contributed by atoms with Crippen LogP contribution in [0.5, 0.6) is 11.5 Å². The molecule has 0 bridgehead atoms. The highest BCUT2D eigenvalue weighted by Gasteiger charge is 2.19. The lowest BCUT2D eigenvalue weighted by molar-refractivity contribution is 0.158. The standard InChI is InChI=1S/C19H23NO5/c1-5-24-19(21)20(18-7-6-12-25-18)11-10-14(2)15-8-9-16(22-3)17(13-15)23-4/h6-9,12-13H,2,5,10-11H2,1,3-4H3. The second kappa shape index (κ2) is 8.82. The first-order valence-electron chi connectivity index (χ1n) is 7.98. The Kier molecular flexibility index (Phi) is 6.51. The Morgan fingerprint density at radius 3 is 2.56 bits per heavy atom. The third kappa shape index (κ3) is 4.56. The monoisotopic (exact) mass is 345 g/mol. The molecule has 1 heterocycles. The first kappa shape index (κ1) is 18.4. The summed E-state index contributed by atoms with van der Waals surface area (Å²) in [4.78, 5) is 13.6. The molecule has 0 atom stereocenters. The summed E-state index contributed by atoms with van der Waals surface area (Å²) in [5.74, 6) is 1.73. The summed E-state index contributed by atoms with van der Waals surface area (Å²) >= 11 is 0. The van der Waals surface area contributed by atoms with E-state index in [9.17, 15) is 4.79 Å². The number of nitrogens with zero attached hydrogens (tertiary/aromatic N) is 1. The molecule has 2 aromatic rings. The van der Waals surface area contributed by atoms with E-state index in [1.165, 1.54) is 11.2 Å². The summed E-state index contributed by atoms with van der Waals surface area (Å²) in [6.07, 6.45) is 1.62. The van der Waals surface area contributed by atoms with Gasteiger partial charge in [-0.2, -0.15) is 0 Å². The van der Waals surface area contributed by atoms with Crippen molar-refractivity contribution in [2.24, 2.45) is 0 Å². The van der Waals surface area contributed by atoms with E-state index in [0.717, 1.165) is 11.1 Å². The maximum absolute atomic E-state index is 12.2. The molecule has 0 saturated carbocycles. The lowest BCUT2D eigenvalue weighted by atomic mass is 10.0. The molecule has 6 heteroatoms. The quantitative estimate of drug-likeness (QED) is 0.711. The van der Waals surface area contributed by atoms with Crippen molar-refractivity contribution >= 4 is 17.6 Å². The molecule has 2 rings (SSSR count). The summed E-state index contributed by atoms with van der Waals surface area (Å²) in [5, 5.41) is 0. The zero-order valence-electron chi connectivity index (χ0n) is 14.8. The van der Waals surface area contributed by atoms with Crippen LogP contribution >= 0.6 is 0 Å². The number of benzene rings is 1. The Morgan fingerprint density at radius 2 is 1.96 bits per heavy atom. The zero-order valence-corrected chi connectivity index (χ0v) is 14.8. The zero-order chi connectivity index (χ0) is 18.2. The highest BCUT2D eigenvalue weighted by molar-refractivity contribution is 5.86. The van der Waals surface area contributed by atoms with Gasteiger partial charge in [-0.25, -0.2) is 9.69 Å². The van der Waals surface area contributed by atoms with Gasteiger partial charge in [0, 0.05) is 12.6 Å². The normalized spacial score (nSPS) is 10.2. The van der Waals surface area contributed by atoms with Crippen molar-refractivity contribution in [1.82, 2.24) is 0 Å². The first-order chi connectivity index (χ1) is 12.1. The van der Waals surface area contributed by atoms with Crippen molar-refractivity contribution in [3.8, 4) is 11.5 Å². The van der Waals surface area contributed by atoms with Crippen molar-refractivity contribution in [2.45, 2.75) is 13.3 Å². The number of rotatable bonds is 8. The van der Waals surface area contributed by atoms with Gasteiger partial charge < -0.3 is 18.6 Å². The van der Waals surface area contributed by atoms with Gasteiger partial charge in [0.2, 0.25) is 5.88 Å². The fraction of sp³-hybridized carbons (Fsp3) is 0.316. The van der Waals surface area contributed by atoms with Crippen LogP contribution in [0.4, 0.5) is 10.7 Å². The van der Waals surface area contributed by atoms with Gasteiger partial charge in [-0.15, -0.1) is 0 Å². The molecule has 6 nitrogen and oxygen atoms in total. The maximum atomic E-state index is 12.2. The van der Waals surface area contributed by atoms with Crippen molar-refractivity contribution in [1.29, 1.82) is 0 Å². The number of carbonyl (C=O) groups is 1. The molecule has 0 radical (unpaired) electrons. The van der Waals surface area contributed by atoms with Crippen LogP contribution in [0.15, 0.2) is 47.6 Å². The van der Waals surface area contributed by atoms with Crippen molar-refractivity contribution in [3.05, 3.63) is 48.7 Å². The minimum absolute atomic E-state index is 0.298. The predicted molar refractivity (Wildman–Crippen MR) is 96.3 cm³/mol. The lowest BCUT2D eigenvalue weighted by Gasteiger charge is -2.20. The van der Waals surface area contributed by atoms with Gasteiger partial charge in [0.1, 0.15) is 0 Å². The van der Waals surface area contributed by atoms with Crippen LogP contribution in [0.1, 0.15) is 18.9 Å². The largest absolute Gasteiger partial charge is 0.493 e. The summed E-state index contributed by atoms with van der Waals surface area (Å²) in [7, 11) is 3.18. The topological polar surface area (TPSA) is 61.1 Å². The number of ether oxygens (including phenoxy) is 3. The minimum Gasteiger partial charge on any atom is -0.493 e. The Hall–Kier alpha value is -2.89. The molecular formula is C19H23NO5. The van der Waals surface area contributed by atoms with E-state index in [1.807, 2.05) is 18.2 Å². The second-order valence-corrected chi connectivity index (χ2v) is 5.23. The van der Waals surface area contributed by atoms with Gasteiger partial charge in [-0.05, 0) is 42.7 Å². The van der Waals surface area contributed by atoms with Gasteiger partial charge in [-0.3, -0.25) is 0 Å². The Balaban J connectivity index is 2.09. The Morgan fingerprint density at radius 1 is 1.20 bits per heavy atom. The van der Waals surface area contributed by atoms with E-state index >= 15 is 0 Å². The van der Waals surface area contributed by atoms with E-state index in [2.05, 4.69) is 6.58 Å². The number of hydrogen-bond donors (Lipinski definition) is 0. The SMILES string of the molecule is C=C(CCN(C(=O)OCC)c1ccco1)c1ccc(OC)c(OC)c1. The van der Waals surface area contributed by atoms with Crippen LogP contribution in [0, 0.1) is 0 Å². The average Bonchev–Trinajstić information content (AvgIpc) is 3.15. The van der Waals surface area contributed by atoms with Crippen molar-refractivity contribution in [3.63, 3.8) is 0 Å². The van der Waals surface area contributed by atoms with E-state index in [1.54, 1.807) is 33.3 Å². The third-order valence-electron chi connectivity index (χ3n) is 3.69. The van der Waals surface area contributed by atoms with Crippen LogP contribution in [-0.4, -0.2) is 33.5 Å². The number of carbonyl (C=O) groups excluding carboxylic acids is 1. The van der Waals surface area contributed by atoms with Crippen LogP contribution in [-0.2, 0) is 4.74 Å². The number of amides is 1. The summed E-state index contributed by atoms with van der Waals surface area (Å²) < 4.78 is 21.0. The number of methoxy groups -OCH3 is 2. The van der Waals surface area contributed by atoms with Crippen LogP contribution in [0.25, 0.3) is 5.57 Å². The van der Waals surface area contributed by atoms with Crippen LogP contribution < -0.4 is 14.4 Å². The molecule has 0 aliphatic carbocycles. The molecule has 0 N–H and O–H groups in total. The van der Waals surface area contributed by atoms with E-state index in [0.29, 0.717) is 37.0 Å². The number of hydrogen-bond acceptors (Lipinski definition) is 5. The predicted octanol–water partition coefficient (Wildman–Crippen LogP) is 4.36. The van der Waals surface area contributed by atoms with Gasteiger partial charge >= 0.3 is 6.09 Å². The molecule has 1 aromatic heterocycles. The van der Waals surface area contributed by atoms with Gasteiger partial charge in [0.05, 0.1) is 27.1 Å². The van der Waals surface area contributed by atoms with Crippen LogP contribution in [0.3, 0.4) is 0 Å². The average molecular weight is 345 g/mol. The Bertz CT molecular complexity index is 709. The number of anilines is 1. The molecule has 0 aliphatic rings. The first-order valence-corrected chi connectivity index (χ1v) is 7.98. The molecule has 0 aliphatic heterocycles. The second-order valence-electron chi connectivity index (χ2n) is 5.23. The van der Waals surface area contributed by atoms with Crippen molar-refractivity contribution < 1.29 is 23.4 Å². The maximum Gasteiger partial charge on any atom is 0.416 e. The summed E-state index contributed by atoms with van der Waals surface area (Å²) in [5.41, 5.74) is 1.78. The molecule has 0 saturated heterocycles. The molecule has 134 valence electrons. The van der Waals surface area contributed by atoms with E-state index < -0.39 is 6.09 Å². The lowest BCUT2D eigenvalue weighted by Crippen LogP contribution is -2.32. The molecular weight excluding hydrogens is 322 g/mol. The number of furan rings is 1. The summed E-state index contributed by atoms with van der Waals surface area (Å²) in [6.45, 7) is 6.56. The highest BCUT2D eigenvalue weighted by atomic mass is 16.6. The molecule has 0 unspecified atom stereocenters. The van der Waals surface area contributed by atoms with Gasteiger partial charge in [-0.1, -0.05) is 12.6 Å². The summed E-state index contributed by atoms with van der Waals surface area (Å²) in [6, 6.07) is 9.05. The van der Waals surface area contributed by atoms with Gasteiger partial charge in [0.25, 0.3) is 0 Å². The molecule has 1 aromatic carbocycles. The molecule has 1 amide bonds. The van der Waals surface area contributed by atoms with E-state index in [-0.39, 0.29) is 0 Å². The third-order valence-corrected chi connectivity index (χ3v) is 3.69. The molecule has 25 heavy (non-hydrogen) atoms. The minimum atomic E-state index is -0.447. The smallest absolute Gasteiger partial charge is 0.416 e. The molecule has 0 spiro atoms. The van der Waals surface area contributed by atoms with Crippen LogP contribution in [0.2, 0.25) is 0 Å². The molecule has 0 fully saturated rings.